The summed E-state index contributed by atoms with van der Waals surface area (Å²) >= 11 is 1.80. The summed E-state index contributed by atoms with van der Waals surface area (Å²) in [5, 5.41) is 4.48. The van der Waals surface area contributed by atoms with Crippen LogP contribution in [0.1, 0.15) is 41.9 Å². The Hall–Kier alpha value is -0.980. The van der Waals surface area contributed by atoms with Crippen molar-refractivity contribution in [2.45, 2.75) is 39.7 Å². The maximum atomic E-state index is 12.2. The van der Waals surface area contributed by atoms with Gasteiger partial charge in [0, 0.05) is 50.1 Å². The Morgan fingerprint density at radius 3 is 2.73 bits per heavy atom. The third kappa shape index (κ3) is 4.27. The quantitative estimate of drug-likeness (QED) is 0.867. The molecule has 0 radical (unpaired) electrons. The number of hydrogen-bond acceptors (Lipinski definition) is 5. The molecule has 1 aliphatic heterocycles. The average molecular weight is 324 g/mol. The van der Waals surface area contributed by atoms with E-state index < -0.39 is 0 Å². The first-order valence-electron chi connectivity index (χ1n) is 8.17. The van der Waals surface area contributed by atoms with Crippen molar-refractivity contribution in [2.24, 2.45) is 0 Å². The number of carbonyl (C=O) groups excluding carboxylic acids is 1. The number of nitrogens with zero attached hydrogens (tertiary/aromatic N) is 3. The van der Waals surface area contributed by atoms with Crippen LogP contribution in [0.4, 0.5) is 0 Å². The van der Waals surface area contributed by atoms with Gasteiger partial charge in [0.15, 0.2) is 0 Å². The lowest BCUT2D eigenvalue weighted by molar-refractivity contribution is -0.132. The monoisotopic (exact) mass is 324 g/mol. The molecule has 1 fully saturated rings. The van der Waals surface area contributed by atoms with Gasteiger partial charge in [-0.3, -0.25) is 9.69 Å². The summed E-state index contributed by atoms with van der Waals surface area (Å²) in [6.45, 7) is 10.7. The molecule has 0 saturated carbocycles. The van der Waals surface area contributed by atoms with Gasteiger partial charge in [-0.2, -0.15) is 0 Å². The second-order valence-corrected chi connectivity index (χ2v) is 7.06. The summed E-state index contributed by atoms with van der Waals surface area (Å²) in [4.78, 5) is 22.4. The molecule has 1 aromatic heterocycles. The van der Waals surface area contributed by atoms with Crippen molar-refractivity contribution in [2.75, 3.05) is 39.8 Å². The second-order valence-electron chi connectivity index (χ2n) is 5.95. The molecule has 1 unspecified atom stereocenters. The van der Waals surface area contributed by atoms with E-state index in [2.05, 4.69) is 43.0 Å². The van der Waals surface area contributed by atoms with Gasteiger partial charge in [0.05, 0.1) is 10.7 Å². The van der Waals surface area contributed by atoms with E-state index >= 15 is 0 Å². The Morgan fingerprint density at radius 2 is 2.14 bits per heavy atom. The maximum Gasteiger partial charge on any atom is 0.223 e. The first-order chi connectivity index (χ1) is 10.5. The molecule has 1 aliphatic rings. The van der Waals surface area contributed by atoms with Crippen LogP contribution < -0.4 is 5.32 Å². The molecule has 1 N–H and O–H groups in total. The van der Waals surface area contributed by atoms with Gasteiger partial charge in [0.2, 0.25) is 5.91 Å². The number of thiazole rings is 1. The van der Waals surface area contributed by atoms with Gasteiger partial charge in [-0.1, -0.05) is 6.92 Å². The highest BCUT2D eigenvalue weighted by Gasteiger charge is 2.20. The molecule has 1 atom stereocenters. The van der Waals surface area contributed by atoms with Crippen LogP contribution in [0.25, 0.3) is 0 Å². The number of nitrogens with one attached hydrogen (secondary N) is 1. The van der Waals surface area contributed by atoms with E-state index in [9.17, 15) is 4.79 Å². The standard InChI is InChI=1S/C16H28N4OS/c1-5-14-18-12(2)16(22-14)13(3)19(4)9-6-15(21)20-10-7-17-8-11-20/h13,17H,5-11H2,1-4H3. The van der Waals surface area contributed by atoms with Gasteiger partial charge in [0.25, 0.3) is 0 Å². The van der Waals surface area contributed by atoms with Crippen molar-refractivity contribution in [1.29, 1.82) is 0 Å². The molecule has 6 heteroatoms. The summed E-state index contributed by atoms with van der Waals surface area (Å²) in [5.41, 5.74) is 1.13. The summed E-state index contributed by atoms with van der Waals surface area (Å²) in [6.07, 6.45) is 1.59. The number of rotatable bonds is 6. The first kappa shape index (κ1) is 17.4. The van der Waals surface area contributed by atoms with E-state index in [1.54, 1.807) is 11.3 Å². The normalized spacial score (nSPS) is 17.0. The van der Waals surface area contributed by atoms with Crippen LogP contribution in [0, 0.1) is 6.92 Å². The third-order valence-corrected chi connectivity index (χ3v) is 5.84. The third-order valence-electron chi connectivity index (χ3n) is 4.37. The van der Waals surface area contributed by atoms with Crippen molar-refractivity contribution in [1.82, 2.24) is 20.1 Å². The Labute approximate surface area is 137 Å². The molecule has 0 bridgehead atoms. The molecule has 2 heterocycles. The van der Waals surface area contributed by atoms with Crippen LogP contribution in [-0.4, -0.2) is 60.5 Å². The van der Waals surface area contributed by atoms with Crippen LogP contribution in [-0.2, 0) is 11.2 Å². The van der Waals surface area contributed by atoms with Gasteiger partial charge in [-0.25, -0.2) is 4.98 Å². The average Bonchev–Trinajstić information content (AvgIpc) is 2.93. The minimum Gasteiger partial charge on any atom is -0.340 e. The van der Waals surface area contributed by atoms with Crippen LogP contribution in [0.5, 0.6) is 0 Å². The molecule has 22 heavy (non-hydrogen) atoms. The Kier molecular flexibility index (Phi) is 6.35. The zero-order valence-corrected chi connectivity index (χ0v) is 15.0. The van der Waals surface area contributed by atoms with Gasteiger partial charge >= 0.3 is 0 Å². The molecule has 0 aliphatic carbocycles. The topological polar surface area (TPSA) is 48.5 Å². The van der Waals surface area contributed by atoms with E-state index in [4.69, 9.17) is 0 Å². The number of carbonyl (C=O) groups is 1. The smallest absolute Gasteiger partial charge is 0.223 e. The fourth-order valence-corrected chi connectivity index (χ4v) is 3.87. The lowest BCUT2D eigenvalue weighted by atomic mass is 10.2. The highest BCUT2D eigenvalue weighted by molar-refractivity contribution is 7.11. The fourth-order valence-electron chi connectivity index (χ4n) is 2.74. The zero-order valence-electron chi connectivity index (χ0n) is 14.2. The lowest BCUT2D eigenvalue weighted by Crippen LogP contribution is -2.47. The minimum atomic E-state index is 0.274. The predicted octanol–water partition coefficient (Wildman–Crippen LogP) is 1.83. The van der Waals surface area contributed by atoms with E-state index in [1.807, 2.05) is 4.90 Å². The summed E-state index contributed by atoms with van der Waals surface area (Å²) in [7, 11) is 2.10. The van der Waals surface area contributed by atoms with E-state index in [-0.39, 0.29) is 5.91 Å². The van der Waals surface area contributed by atoms with Crippen molar-refractivity contribution < 1.29 is 4.79 Å². The second kappa shape index (κ2) is 8.04. The Balaban J connectivity index is 1.86. The molecule has 124 valence electrons. The van der Waals surface area contributed by atoms with Crippen LogP contribution in [0.3, 0.4) is 0 Å². The molecule has 0 aromatic carbocycles. The number of aryl methyl sites for hydroxylation is 2. The number of amides is 1. The van der Waals surface area contributed by atoms with Crippen LogP contribution >= 0.6 is 11.3 Å². The molecule has 0 spiro atoms. The summed E-state index contributed by atoms with van der Waals surface area (Å²) in [6, 6.07) is 0.314. The summed E-state index contributed by atoms with van der Waals surface area (Å²) < 4.78 is 0. The molecule has 2 rings (SSSR count). The zero-order chi connectivity index (χ0) is 16.1. The van der Waals surface area contributed by atoms with E-state index in [0.29, 0.717) is 12.5 Å². The molecule has 5 nitrogen and oxygen atoms in total. The SMILES string of the molecule is CCc1nc(C)c(C(C)N(C)CCC(=O)N2CCNCC2)s1. The number of aromatic nitrogens is 1. The maximum absolute atomic E-state index is 12.2. The van der Waals surface area contributed by atoms with Gasteiger partial charge in [-0.05, 0) is 27.3 Å². The highest BCUT2D eigenvalue weighted by Crippen LogP contribution is 2.28. The summed E-state index contributed by atoms with van der Waals surface area (Å²) in [5.74, 6) is 0.274. The highest BCUT2D eigenvalue weighted by atomic mass is 32.1. The van der Waals surface area contributed by atoms with Crippen molar-refractivity contribution >= 4 is 17.2 Å². The largest absolute Gasteiger partial charge is 0.340 e. The van der Waals surface area contributed by atoms with Gasteiger partial charge in [-0.15, -0.1) is 11.3 Å². The van der Waals surface area contributed by atoms with Crippen molar-refractivity contribution in [3.8, 4) is 0 Å². The van der Waals surface area contributed by atoms with Crippen LogP contribution in [0.2, 0.25) is 0 Å². The Bertz CT molecular complexity index is 496. The molecular weight excluding hydrogens is 296 g/mol. The fraction of sp³-hybridized carbons (Fsp3) is 0.750. The molecule has 1 saturated heterocycles. The predicted molar refractivity (Wildman–Crippen MR) is 91.3 cm³/mol. The van der Waals surface area contributed by atoms with Crippen molar-refractivity contribution in [3.63, 3.8) is 0 Å². The van der Waals surface area contributed by atoms with Gasteiger partial charge in [0.1, 0.15) is 0 Å². The van der Waals surface area contributed by atoms with E-state index in [1.165, 1.54) is 9.88 Å². The number of piperazine rings is 1. The lowest BCUT2D eigenvalue weighted by Gasteiger charge is -2.29. The Morgan fingerprint density at radius 1 is 1.45 bits per heavy atom. The van der Waals surface area contributed by atoms with Crippen molar-refractivity contribution in [3.05, 3.63) is 15.6 Å². The molecule has 1 amide bonds. The van der Waals surface area contributed by atoms with Gasteiger partial charge < -0.3 is 10.2 Å². The molecule has 1 aromatic rings. The molecular formula is C16H28N4OS. The first-order valence-corrected chi connectivity index (χ1v) is 8.99. The number of hydrogen-bond donors (Lipinski definition) is 1. The minimum absolute atomic E-state index is 0.274. The van der Waals surface area contributed by atoms with E-state index in [0.717, 1.165) is 44.8 Å². The van der Waals surface area contributed by atoms with Crippen LogP contribution in [0.15, 0.2) is 0 Å².